The van der Waals surface area contributed by atoms with Gasteiger partial charge in [0, 0.05) is 17.8 Å². The lowest BCUT2D eigenvalue weighted by molar-refractivity contribution is 0.102. The molecular formula is C9H8NO. The van der Waals surface area contributed by atoms with E-state index >= 15 is 0 Å². The van der Waals surface area contributed by atoms with E-state index in [1.165, 1.54) is 0 Å². The van der Waals surface area contributed by atoms with Gasteiger partial charge >= 0.3 is 0 Å². The van der Waals surface area contributed by atoms with Gasteiger partial charge in [0.05, 0.1) is 6.42 Å². The monoisotopic (exact) mass is 146 g/mol. The average molecular weight is 146 g/mol. The maximum atomic E-state index is 11.2. The predicted molar refractivity (Wildman–Crippen MR) is 43.6 cm³/mol. The van der Waals surface area contributed by atoms with E-state index in [1.54, 1.807) is 6.42 Å². The molecule has 2 rings (SSSR count). The first-order valence-corrected chi connectivity index (χ1v) is 3.58. The van der Waals surface area contributed by atoms with Crippen LogP contribution in [0.4, 0.5) is 5.69 Å². The highest BCUT2D eigenvalue weighted by atomic mass is 16.1. The molecule has 1 N–H and O–H groups in total. The normalized spacial score (nSPS) is 15.5. The molecule has 1 aromatic carbocycles. The van der Waals surface area contributed by atoms with Crippen LogP contribution in [0, 0.1) is 6.42 Å². The molecule has 0 bridgehead atoms. The number of nitrogens with one attached hydrogen (secondary N) is 1. The van der Waals surface area contributed by atoms with Gasteiger partial charge in [-0.15, -0.1) is 0 Å². The van der Waals surface area contributed by atoms with Crippen molar-refractivity contribution in [3.8, 4) is 0 Å². The molecule has 1 heterocycles. The lowest BCUT2D eigenvalue weighted by Gasteiger charge is -2.15. The topological polar surface area (TPSA) is 29.1 Å². The highest BCUT2D eigenvalue weighted by Gasteiger charge is 2.14. The molecule has 0 aromatic heterocycles. The maximum Gasteiger partial charge on any atom is 0.170 e. The van der Waals surface area contributed by atoms with Crippen LogP contribution in [0.25, 0.3) is 0 Å². The van der Waals surface area contributed by atoms with E-state index in [4.69, 9.17) is 0 Å². The van der Waals surface area contributed by atoms with E-state index in [-0.39, 0.29) is 5.78 Å². The van der Waals surface area contributed by atoms with Gasteiger partial charge in [0.15, 0.2) is 5.78 Å². The smallest absolute Gasteiger partial charge is 0.170 e. The summed E-state index contributed by atoms with van der Waals surface area (Å²) in [5, 5.41) is 3.12. The zero-order valence-corrected chi connectivity index (χ0v) is 6.00. The molecule has 55 valence electrons. The fourth-order valence-electron chi connectivity index (χ4n) is 1.22. The first-order chi connectivity index (χ1) is 5.38. The van der Waals surface area contributed by atoms with Crippen molar-refractivity contribution in [2.45, 2.75) is 0 Å². The second-order valence-electron chi connectivity index (χ2n) is 2.49. The largest absolute Gasteiger partial charge is 0.384 e. The average Bonchev–Trinajstić information content (AvgIpc) is 2.06. The van der Waals surface area contributed by atoms with Crippen LogP contribution in [-0.2, 0) is 0 Å². The van der Waals surface area contributed by atoms with E-state index in [0.29, 0.717) is 6.54 Å². The number of anilines is 1. The molecule has 1 aliphatic heterocycles. The first kappa shape index (κ1) is 6.40. The Kier molecular flexibility index (Phi) is 1.39. The van der Waals surface area contributed by atoms with Crippen molar-refractivity contribution < 1.29 is 4.79 Å². The summed E-state index contributed by atoms with van der Waals surface area (Å²) < 4.78 is 0. The summed E-state index contributed by atoms with van der Waals surface area (Å²) in [6.45, 7) is 0.649. The molecular weight excluding hydrogens is 138 g/mol. The van der Waals surface area contributed by atoms with E-state index in [1.807, 2.05) is 24.3 Å². The lowest BCUT2D eigenvalue weighted by Crippen LogP contribution is -2.18. The number of hydrogen-bond acceptors (Lipinski definition) is 2. The minimum absolute atomic E-state index is 0.124. The minimum atomic E-state index is 0.124. The van der Waals surface area contributed by atoms with Crippen LogP contribution in [0.3, 0.4) is 0 Å². The fourth-order valence-corrected chi connectivity index (χ4v) is 1.22. The summed E-state index contributed by atoms with van der Waals surface area (Å²) in [7, 11) is 0. The van der Waals surface area contributed by atoms with Gasteiger partial charge in [0.1, 0.15) is 0 Å². The Balaban J connectivity index is 2.52. The summed E-state index contributed by atoms with van der Waals surface area (Å²) in [6.07, 6.45) is 1.66. The fraction of sp³-hybridized carbons (Fsp3) is 0.111. The van der Waals surface area contributed by atoms with Gasteiger partial charge in [-0.3, -0.25) is 4.79 Å². The molecule has 1 radical (unpaired) electrons. The van der Waals surface area contributed by atoms with Crippen LogP contribution in [0.15, 0.2) is 24.3 Å². The van der Waals surface area contributed by atoms with Gasteiger partial charge in [0.2, 0.25) is 0 Å². The molecule has 0 saturated carbocycles. The molecule has 0 fully saturated rings. The van der Waals surface area contributed by atoms with Crippen molar-refractivity contribution in [3.63, 3.8) is 0 Å². The number of rotatable bonds is 0. The number of carbonyl (C=O) groups is 1. The molecule has 1 aromatic rings. The number of carbonyl (C=O) groups excluding carboxylic acids is 1. The summed E-state index contributed by atoms with van der Waals surface area (Å²) in [6, 6.07) is 7.54. The Labute approximate surface area is 65.2 Å². The van der Waals surface area contributed by atoms with Crippen molar-refractivity contribution in [2.24, 2.45) is 0 Å². The number of fused-ring (bicyclic) bond motifs is 1. The van der Waals surface area contributed by atoms with Crippen molar-refractivity contribution >= 4 is 11.5 Å². The molecule has 1 aliphatic rings. The van der Waals surface area contributed by atoms with E-state index in [9.17, 15) is 4.79 Å². The van der Waals surface area contributed by atoms with Gasteiger partial charge < -0.3 is 5.32 Å². The van der Waals surface area contributed by atoms with Crippen LogP contribution in [0.5, 0.6) is 0 Å². The molecule has 2 heteroatoms. The maximum absolute atomic E-state index is 11.2. The van der Waals surface area contributed by atoms with E-state index in [2.05, 4.69) is 5.32 Å². The molecule has 0 spiro atoms. The number of benzene rings is 1. The quantitative estimate of drug-likeness (QED) is 0.601. The Morgan fingerprint density at radius 3 is 2.91 bits per heavy atom. The molecule has 0 atom stereocenters. The van der Waals surface area contributed by atoms with Gasteiger partial charge in [-0.25, -0.2) is 0 Å². The van der Waals surface area contributed by atoms with Gasteiger partial charge in [-0.1, -0.05) is 12.1 Å². The van der Waals surface area contributed by atoms with Crippen molar-refractivity contribution in [2.75, 3.05) is 11.9 Å². The van der Waals surface area contributed by atoms with Crippen LogP contribution in [0.1, 0.15) is 10.4 Å². The second-order valence-corrected chi connectivity index (χ2v) is 2.49. The number of Topliss-reactive ketones (excluding diaryl/α,β-unsaturated/α-hetero) is 1. The molecule has 0 amide bonds. The van der Waals surface area contributed by atoms with Crippen LogP contribution in [0.2, 0.25) is 0 Å². The van der Waals surface area contributed by atoms with Crippen molar-refractivity contribution in [1.29, 1.82) is 0 Å². The highest BCUT2D eigenvalue weighted by molar-refractivity contribution is 6.08. The zero-order valence-electron chi connectivity index (χ0n) is 6.00. The summed E-state index contributed by atoms with van der Waals surface area (Å²) in [5.74, 6) is 0.124. The van der Waals surface area contributed by atoms with Gasteiger partial charge in [-0.05, 0) is 12.1 Å². The first-order valence-electron chi connectivity index (χ1n) is 3.58. The third-order valence-corrected chi connectivity index (χ3v) is 1.77. The number of ketones is 1. The third-order valence-electron chi connectivity index (χ3n) is 1.77. The molecule has 0 aliphatic carbocycles. The highest BCUT2D eigenvalue weighted by Crippen LogP contribution is 2.19. The van der Waals surface area contributed by atoms with Crippen LogP contribution < -0.4 is 5.32 Å². The van der Waals surface area contributed by atoms with Crippen molar-refractivity contribution in [1.82, 2.24) is 0 Å². The summed E-state index contributed by atoms with van der Waals surface area (Å²) in [4.78, 5) is 11.2. The Bertz CT molecular complexity index is 293. The molecule has 0 saturated heterocycles. The number of para-hydroxylation sites is 1. The number of hydrogen-bond donors (Lipinski definition) is 1. The van der Waals surface area contributed by atoms with E-state index in [0.717, 1.165) is 11.3 Å². The zero-order chi connectivity index (χ0) is 7.68. The van der Waals surface area contributed by atoms with Crippen LogP contribution >= 0.6 is 0 Å². The Morgan fingerprint density at radius 1 is 1.27 bits per heavy atom. The van der Waals surface area contributed by atoms with E-state index < -0.39 is 0 Å². The molecule has 11 heavy (non-hydrogen) atoms. The van der Waals surface area contributed by atoms with Crippen molar-refractivity contribution in [3.05, 3.63) is 36.2 Å². The standard InChI is InChI=1S/C9H8NO/c11-9-5-6-10-8-4-2-1-3-7(8)9/h1-5,10H,6H2. The molecule has 2 nitrogen and oxygen atoms in total. The Morgan fingerprint density at radius 2 is 2.09 bits per heavy atom. The SMILES string of the molecule is O=C1[CH]CNc2ccccc21. The van der Waals surface area contributed by atoms with Gasteiger partial charge in [-0.2, -0.15) is 0 Å². The predicted octanol–water partition coefficient (Wildman–Crippen LogP) is 1.50. The summed E-state index contributed by atoms with van der Waals surface area (Å²) in [5.41, 5.74) is 1.72. The summed E-state index contributed by atoms with van der Waals surface area (Å²) >= 11 is 0. The minimum Gasteiger partial charge on any atom is -0.384 e. The van der Waals surface area contributed by atoms with Crippen LogP contribution in [-0.4, -0.2) is 12.3 Å². The lowest BCUT2D eigenvalue weighted by atomic mass is 10.0. The van der Waals surface area contributed by atoms with Gasteiger partial charge in [0.25, 0.3) is 0 Å². The second kappa shape index (κ2) is 2.38. The Hall–Kier alpha value is -1.31. The molecule has 0 unspecified atom stereocenters. The third kappa shape index (κ3) is 1.00.